The number of aromatic amines is 1. The Balaban J connectivity index is 2.20. The third-order valence-corrected chi connectivity index (χ3v) is 3.21. The fourth-order valence-electron chi connectivity index (χ4n) is 1.80. The van der Waals surface area contributed by atoms with Crippen LogP contribution in [0.25, 0.3) is 0 Å². The molecule has 15 heavy (non-hydrogen) atoms. The minimum atomic E-state index is 0.724. The first-order valence-electron chi connectivity index (χ1n) is 5.66. The first kappa shape index (κ1) is 10.7. The standard InChI is InChI=1S/C10H18N4S/c1-3-13(7-8-5-6-8)9-11-12-10(15)14(9)4-2/h8H,3-7H2,1-2H3,(H,12,15). The molecule has 4 nitrogen and oxygen atoms in total. The van der Waals surface area contributed by atoms with Gasteiger partial charge in [0.1, 0.15) is 0 Å². The van der Waals surface area contributed by atoms with E-state index in [1.54, 1.807) is 0 Å². The van der Waals surface area contributed by atoms with Gasteiger partial charge in [0.15, 0.2) is 4.77 Å². The molecule has 1 N–H and O–H groups in total. The summed E-state index contributed by atoms with van der Waals surface area (Å²) < 4.78 is 2.78. The molecule has 0 unspecified atom stereocenters. The summed E-state index contributed by atoms with van der Waals surface area (Å²) in [4.78, 5) is 2.31. The van der Waals surface area contributed by atoms with E-state index in [1.165, 1.54) is 12.8 Å². The van der Waals surface area contributed by atoms with Crippen molar-refractivity contribution >= 4 is 18.2 Å². The lowest BCUT2D eigenvalue weighted by atomic mass is 10.4. The van der Waals surface area contributed by atoms with Crippen LogP contribution in [0.4, 0.5) is 5.95 Å². The van der Waals surface area contributed by atoms with Gasteiger partial charge >= 0.3 is 0 Å². The van der Waals surface area contributed by atoms with Crippen LogP contribution in [0.2, 0.25) is 0 Å². The molecule has 1 aromatic rings. The Bertz CT molecular complexity index is 377. The largest absolute Gasteiger partial charge is 0.341 e. The molecule has 5 heteroatoms. The van der Waals surface area contributed by atoms with Crippen LogP contribution in [0.15, 0.2) is 0 Å². The van der Waals surface area contributed by atoms with Gasteiger partial charge < -0.3 is 4.90 Å². The zero-order chi connectivity index (χ0) is 10.8. The average molecular weight is 226 g/mol. The van der Waals surface area contributed by atoms with E-state index in [2.05, 4.69) is 33.5 Å². The highest BCUT2D eigenvalue weighted by Crippen LogP contribution is 2.30. The average Bonchev–Trinajstić information content (AvgIpc) is 2.98. The van der Waals surface area contributed by atoms with Gasteiger partial charge in [-0.25, -0.2) is 5.10 Å². The molecule has 1 aliphatic rings. The number of anilines is 1. The summed E-state index contributed by atoms with van der Waals surface area (Å²) >= 11 is 5.19. The second kappa shape index (κ2) is 4.35. The summed E-state index contributed by atoms with van der Waals surface area (Å²) in [6, 6.07) is 0. The molecule has 1 aromatic heterocycles. The lowest BCUT2D eigenvalue weighted by Crippen LogP contribution is -2.28. The highest BCUT2D eigenvalue weighted by Gasteiger charge is 2.25. The molecule has 0 bridgehead atoms. The molecular weight excluding hydrogens is 208 g/mol. The molecule has 1 heterocycles. The minimum Gasteiger partial charge on any atom is -0.341 e. The van der Waals surface area contributed by atoms with E-state index in [1.807, 2.05) is 0 Å². The van der Waals surface area contributed by atoms with E-state index in [0.717, 1.165) is 36.3 Å². The summed E-state index contributed by atoms with van der Waals surface area (Å²) in [5.41, 5.74) is 0. The van der Waals surface area contributed by atoms with Crippen molar-refractivity contribution in [1.29, 1.82) is 0 Å². The molecule has 84 valence electrons. The lowest BCUT2D eigenvalue weighted by Gasteiger charge is -2.21. The van der Waals surface area contributed by atoms with Crippen LogP contribution in [-0.4, -0.2) is 27.9 Å². The molecule has 2 rings (SSSR count). The second-order valence-corrected chi connectivity index (χ2v) is 4.44. The predicted molar refractivity (Wildman–Crippen MR) is 63.7 cm³/mol. The zero-order valence-electron chi connectivity index (χ0n) is 9.36. The molecule has 1 aliphatic carbocycles. The maximum absolute atomic E-state index is 5.19. The Hall–Kier alpha value is -0.840. The molecule has 0 saturated heterocycles. The van der Waals surface area contributed by atoms with Crippen LogP contribution in [-0.2, 0) is 6.54 Å². The molecule has 0 atom stereocenters. The number of rotatable bonds is 5. The summed E-state index contributed by atoms with van der Waals surface area (Å²) in [5, 5.41) is 7.18. The van der Waals surface area contributed by atoms with Crippen LogP contribution in [0.3, 0.4) is 0 Å². The quantitative estimate of drug-likeness (QED) is 0.782. The molecule has 0 aliphatic heterocycles. The number of H-pyrrole nitrogens is 1. The normalized spacial score (nSPS) is 15.6. The Morgan fingerprint density at radius 2 is 2.27 bits per heavy atom. The SMILES string of the molecule is CCN(CC1CC1)c1n[nH]c(=S)n1CC. The van der Waals surface area contributed by atoms with Crippen LogP contribution in [0, 0.1) is 10.7 Å². The number of hydrogen-bond acceptors (Lipinski definition) is 3. The maximum atomic E-state index is 5.19. The van der Waals surface area contributed by atoms with Gasteiger partial charge in [-0.15, -0.1) is 5.10 Å². The molecule has 1 fully saturated rings. The smallest absolute Gasteiger partial charge is 0.225 e. The van der Waals surface area contributed by atoms with E-state index < -0.39 is 0 Å². The van der Waals surface area contributed by atoms with E-state index in [-0.39, 0.29) is 0 Å². The molecular formula is C10H18N4S. The molecule has 0 spiro atoms. The van der Waals surface area contributed by atoms with Gasteiger partial charge in [-0.2, -0.15) is 0 Å². The van der Waals surface area contributed by atoms with E-state index >= 15 is 0 Å². The van der Waals surface area contributed by atoms with Gasteiger partial charge in [0, 0.05) is 19.6 Å². The van der Waals surface area contributed by atoms with E-state index in [4.69, 9.17) is 12.2 Å². The number of nitrogens with zero attached hydrogens (tertiary/aromatic N) is 3. The molecule has 0 radical (unpaired) electrons. The van der Waals surface area contributed by atoms with Crippen molar-refractivity contribution in [2.75, 3.05) is 18.0 Å². The first-order valence-corrected chi connectivity index (χ1v) is 6.07. The van der Waals surface area contributed by atoms with Gasteiger partial charge in [0.2, 0.25) is 5.95 Å². The fourth-order valence-corrected chi connectivity index (χ4v) is 2.06. The number of hydrogen-bond donors (Lipinski definition) is 1. The highest BCUT2D eigenvalue weighted by atomic mass is 32.1. The lowest BCUT2D eigenvalue weighted by molar-refractivity contribution is 0.668. The molecule has 0 aromatic carbocycles. The third-order valence-electron chi connectivity index (χ3n) is 2.89. The summed E-state index contributed by atoms with van der Waals surface area (Å²) in [7, 11) is 0. The van der Waals surface area contributed by atoms with E-state index in [9.17, 15) is 0 Å². The Kier molecular flexibility index (Phi) is 3.09. The van der Waals surface area contributed by atoms with Crippen LogP contribution >= 0.6 is 12.2 Å². The Morgan fingerprint density at radius 3 is 2.80 bits per heavy atom. The minimum absolute atomic E-state index is 0.724. The maximum Gasteiger partial charge on any atom is 0.225 e. The van der Waals surface area contributed by atoms with Crippen molar-refractivity contribution < 1.29 is 0 Å². The van der Waals surface area contributed by atoms with E-state index in [0.29, 0.717) is 0 Å². The van der Waals surface area contributed by atoms with Crippen LogP contribution in [0.1, 0.15) is 26.7 Å². The summed E-state index contributed by atoms with van der Waals surface area (Å²) in [6.45, 7) is 7.26. The van der Waals surface area contributed by atoms with Gasteiger partial charge in [-0.3, -0.25) is 4.57 Å². The summed E-state index contributed by atoms with van der Waals surface area (Å²) in [6.07, 6.45) is 2.74. The molecule has 0 amide bonds. The summed E-state index contributed by atoms with van der Waals surface area (Å²) in [5.74, 6) is 1.87. The van der Waals surface area contributed by atoms with Crippen molar-refractivity contribution in [3.63, 3.8) is 0 Å². The monoisotopic (exact) mass is 226 g/mol. The van der Waals surface area contributed by atoms with Gasteiger partial charge in [0.25, 0.3) is 0 Å². The van der Waals surface area contributed by atoms with Crippen molar-refractivity contribution in [3.8, 4) is 0 Å². The van der Waals surface area contributed by atoms with Gasteiger partial charge in [-0.1, -0.05) is 0 Å². The fraction of sp³-hybridized carbons (Fsp3) is 0.800. The Morgan fingerprint density at radius 1 is 1.53 bits per heavy atom. The van der Waals surface area contributed by atoms with Gasteiger partial charge in [0.05, 0.1) is 0 Å². The third kappa shape index (κ3) is 2.22. The topological polar surface area (TPSA) is 36.9 Å². The van der Waals surface area contributed by atoms with Crippen molar-refractivity contribution in [3.05, 3.63) is 4.77 Å². The Labute approximate surface area is 95.3 Å². The highest BCUT2D eigenvalue weighted by molar-refractivity contribution is 7.71. The van der Waals surface area contributed by atoms with Gasteiger partial charge in [-0.05, 0) is 44.8 Å². The number of aromatic nitrogens is 3. The zero-order valence-corrected chi connectivity index (χ0v) is 10.2. The predicted octanol–water partition coefficient (Wildman–Crippen LogP) is 2.20. The van der Waals surface area contributed by atoms with Crippen molar-refractivity contribution in [2.24, 2.45) is 5.92 Å². The number of nitrogens with one attached hydrogen (secondary N) is 1. The molecule has 1 saturated carbocycles. The first-order chi connectivity index (χ1) is 7.26. The van der Waals surface area contributed by atoms with Crippen LogP contribution in [0.5, 0.6) is 0 Å². The van der Waals surface area contributed by atoms with Crippen LogP contribution < -0.4 is 4.90 Å². The van der Waals surface area contributed by atoms with Crippen molar-refractivity contribution in [1.82, 2.24) is 14.8 Å². The second-order valence-electron chi connectivity index (χ2n) is 4.06. The van der Waals surface area contributed by atoms with Crippen molar-refractivity contribution in [2.45, 2.75) is 33.2 Å².